The number of carbonyl (C=O) groups excluding carboxylic acids is 2. The molecule has 2 amide bonds. The molecule has 2 aliphatic rings. The van der Waals surface area contributed by atoms with Gasteiger partial charge in [-0.1, -0.05) is 59.1 Å². The van der Waals surface area contributed by atoms with Gasteiger partial charge in [0, 0.05) is 5.56 Å². The summed E-state index contributed by atoms with van der Waals surface area (Å²) in [4.78, 5) is 34.5. The average Bonchev–Trinajstić information content (AvgIpc) is 3.58. The minimum atomic E-state index is -0.970. The van der Waals surface area contributed by atoms with Crippen molar-refractivity contribution in [2.24, 2.45) is 5.92 Å². The molecule has 8 heteroatoms. The lowest BCUT2D eigenvalue weighted by molar-refractivity contribution is -0.126. The summed E-state index contributed by atoms with van der Waals surface area (Å²) < 4.78 is 6.24. The van der Waals surface area contributed by atoms with E-state index in [2.05, 4.69) is 0 Å². The number of para-hydroxylation sites is 1. The van der Waals surface area contributed by atoms with Crippen LogP contribution in [0.3, 0.4) is 0 Å². The molecule has 4 aromatic rings. The summed E-state index contributed by atoms with van der Waals surface area (Å²) >= 11 is 12.3. The number of hydroxylamine groups is 1. The van der Waals surface area contributed by atoms with Crippen LogP contribution in [0.2, 0.25) is 10.0 Å². The second-order valence-corrected chi connectivity index (χ2v) is 9.65. The first-order chi connectivity index (χ1) is 17.4. The molecule has 0 unspecified atom stereocenters. The van der Waals surface area contributed by atoms with Crippen molar-refractivity contribution in [3.8, 4) is 11.3 Å². The Labute approximate surface area is 217 Å². The molecule has 180 valence electrons. The fourth-order valence-corrected chi connectivity index (χ4v) is 5.06. The summed E-state index contributed by atoms with van der Waals surface area (Å²) in [5.74, 6) is -0.448. The van der Waals surface area contributed by atoms with Crippen LogP contribution in [0.5, 0.6) is 0 Å². The van der Waals surface area contributed by atoms with Crippen LogP contribution in [0.4, 0.5) is 11.4 Å². The van der Waals surface area contributed by atoms with Gasteiger partial charge in [0.15, 0.2) is 6.10 Å². The van der Waals surface area contributed by atoms with E-state index in [1.54, 1.807) is 35.4 Å². The highest BCUT2D eigenvalue weighted by atomic mass is 35.5. The van der Waals surface area contributed by atoms with Crippen molar-refractivity contribution in [1.82, 2.24) is 0 Å². The minimum absolute atomic E-state index is 0.329. The van der Waals surface area contributed by atoms with Gasteiger partial charge in [0.2, 0.25) is 5.91 Å². The first kappa shape index (κ1) is 22.9. The Bertz CT molecular complexity index is 1470. The molecule has 6 nitrogen and oxygen atoms in total. The summed E-state index contributed by atoms with van der Waals surface area (Å²) in [5, 5.41) is 2.46. The standard InChI is InChI=1S/C28H20Cl2N2O4/c1-16-7-10-18(11-8-16)31-27(33)24-25(32(36-26(24)28(31)34)19-5-3-2-4-6-19)23-14-13-22(35-23)17-9-12-20(29)21(30)15-17/h2-15,24-26H,1H3/t24-,25-,26-/m0/s1. The fourth-order valence-electron chi connectivity index (χ4n) is 4.77. The van der Waals surface area contributed by atoms with Crippen LogP contribution in [0, 0.1) is 12.8 Å². The molecule has 0 spiro atoms. The number of imide groups is 1. The number of aryl methyl sites for hydroxylation is 1. The molecule has 2 saturated heterocycles. The molecule has 0 radical (unpaired) electrons. The molecule has 0 bridgehead atoms. The Balaban J connectivity index is 1.41. The molecule has 6 rings (SSSR count). The molecule has 3 aromatic carbocycles. The molecule has 1 aromatic heterocycles. The van der Waals surface area contributed by atoms with Gasteiger partial charge in [-0.2, -0.15) is 0 Å². The van der Waals surface area contributed by atoms with Gasteiger partial charge in [0.25, 0.3) is 5.91 Å². The Morgan fingerprint density at radius 2 is 1.53 bits per heavy atom. The summed E-state index contributed by atoms with van der Waals surface area (Å²) in [5.41, 5.74) is 3.02. The number of hydrogen-bond donors (Lipinski definition) is 0. The number of amides is 2. The maximum absolute atomic E-state index is 13.7. The molecule has 0 aliphatic carbocycles. The van der Waals surface area contributed by atoms with Crippen molar-refractivity contribution in [1.29, 1.82) is 0 Å². The molecule has 0 saturated carbocycles. The third-order valence-corrected chi connectivity index (χ3v) is 7.28. The van der Waals surface area contributed by atoms with E-state index in [4.69, 9.17) is 32.5 Å². The van der Waals surface area contributed by atoms with Gasteiger partial charge in [-0.05, 0) is 61.5 Å². The van der Waals surface area contributed by atoms with Gasteiger partial charge >= 0.3 is 0 Å². The Morgan fingerprint density at radius 1 is 0.778 bits per heavy atom. The zero-order valence-electron chi connectivity index (χ0n) is 19.1. The average molecular weight is 519 g/mol. The number of furan rings is 1. The summed E-state index contributed by atoms with van der Waals surface area (Å²) in [6, 6.07) is 24.8. The highest BCUT2D eigenvalue weighted by Gasteiger charge is 2.61. The van der Waals surface area contributed by atoms with Crippen LogP contribution in [0.15, 0.2) is 89.3 Å². The fraction of sp³-hybridized carbons (Fsp3) is 0.143. The molecular weight excluding hydrogens is 499 g/mol. The van der Waals surface area contributed by atoms with Crippen LogP contribution in [0.1, 0.15) is 17.4 Å². The second kappa shape index (κ2) is 8.82. The number of carbonyl (C=O) groups is 2. The van der Waals surface area contributed by atoms with E-state index in [0.717, 1.165) is 11.1 Å². The predicted molar refractivity (Wildman–Crippen MR) is 138 cm³/mol. The third kappa shape index (κ3) is 3.69. The van der Waals surface area contributed by atoms with Crippen LogP contribution in [-0.4, -0.2) is 17.9 Å². The Morgan fingerprint density at radius 3 is 2.25 bits per heavy atom. The smallest absolute Gasteiger partial charge is 0.266 e. The van der Waals surface area contributed by atoms with Crippen LogP contribution < -0.4 is 9.96 Å². The van der Waals surface area contributed by atoms with E-state index in [-0.39, 0.29) is 5.91 Å². The van der Waals surface area contributed by atoms with Gasteiger partial charge in [-0.25, -0.2) is 9.96 Å². The zero-order valence-corrected chi connectivity index (χ0v) is 20.6. The van der Waals surface area contributed by atoms with E-state index < -0.39 is 24.0 Å². The number of rotatable bonds is 4. The highest BCUT2D eigenvalue weighted by Crippen LogP contribution is 2.48. The summed E-state index contributed by atoms with van der Waals surface area (Å²) in [7, 11) is 0. The van der Waals surface area contributed by atoms with E-state index in [0.29, 0.717) is 32.9 Å². The maximum Gasteiger partial charge on any atom is 0.266 e. The number of nitrogens with zero attached hydrogens (tertiary/aromatic N) is 2. The van der Waals surface area contributed by atoms with Crippen molar-refractivity contribution in [3.05, 3.63) is 106 Å². The molecule has 2 aliphatic heterocycles. The maximum atomic E-state index is 13.7. The van der Waals surface area contributed by atoms with E-state index in [1.165, 1.54) is 4.90 Å². The number of benzene rings is 3. The van der Waals surface area contributed by atoms with Gasteiger partial charge in [0.1, 0.15) is 23.5 Å². The molecule has 3 heterocycles. The lowest BCUT2D eigenvalue weighted by Crippen LogP contribution is -2.37. The zero-order chi connectivity index (χ0) is 25.0. The third-order valence-electron chi connectivity index (χ3n) is 6.54. The number of anilines is 2. The lowest BCUT2D eigenvalue weighted by atomic mass is 9.94. The number of hydrogen-bond acceptors (Lipinski definition) is 5. The molecular formula is C28H20Cl2N2O4. The Hall–Kier alpha value is -3.58. The van der Waals surface area contributed by atoms with E-state index in [1.807, 2.05) is 61.5 Å². The predicted octanol–water partition coefficient (Wildman–Crippen LogP) is 6.61. The van der Waals surface area contributed by atoms with Gasteiger partial charge in [0.05, 0.1) is 21.4 Å². The summed E-state index contributed by atoms with van der Waals surface area (Å²) in [6.45, 7) is 1.95. The van der Waals surface area contributed by atoms with Crippen molar-refractivity contribution in [2.75, 3.05) is 9.96 Å². The number of fused-ring (bicyclic) bond motifs is 1. The summed E-state index contributed by atoms with van der Waals surface area (Å²) in [6.07, 6.45) is -0.970. The largest absolute Gasteiger partial charge is 0.459 e. The minimum Gasteiger partial charge on any atom is -0.459 e. The van der Waals surface area contributed by atoms with Crippen molar-refractivity contribution in [3.63, 3.8) is 0 Å². The lowest BCUT2D eigenvalue weighted by Gasteiger charge is -2.27. The van der Waals surface area contributed by atoms with Gasteiger partial charge in [-0.15, -0.1) is 0 Å². The van der Waals surface area contributed by atoms with Gasteiger partial charge < -0.3 is 4.42 Å². The van der Waals surface area contributed by atoms with Crippen molar-refractivity contribution >= 4 is 46.4 Å². The Kier molecular flexibility index (Phi) is 5.60. The first-order valence-corrected chi connectivity index (χ1v) is 12.2. The SMILES string of the molecule is Cc1ccc(N2C(=O)[C@@H]3[C@H](ON(c4ccccc4)[C@H]3c3ccc(-c4ccc(Cl)c(Cl)c4)o3)C2=O)cc1. The van der Waals surface area contributed by atoms with E-state index >= 15 is 0 Å². The normalized spacial score (nSPS) is 21.4. The monoisotopic (exact) mass is 518 g/mol. The van der Waals surface area contributed by atoms with E-state index in [9.17, 15) is 9.59 Å². The molecule has 3 atom stereocenters. The molecule has 2 fully saturated rings. The highest BCUT2D eigenvalue weighted by molar-refractivity contribution is 6.42. The first-order valence-electron chi connectivity index (χ1n) is 11.4. The van der Waals surface area contributed by atoms with Crippen LogP contribution >= 0.6 is 23.2 Å². The number of halogens is 2. The van der Waals surface area contributed by atoms with Crippen molar-refractivity contribution in [2.45, 2.75) is 19.1 Å². The second-order valence-electron chi connectivity index (χ2n) is 8.84. The quantitative estimate of drug-likeness (QED) is 0.284. The van der Waals surface area contributed by atoms with Crippen LogP contribution in [0.25, 0.3) is 11.3 Å². The molecule has 0 N–H and O–H groups in total. The van der Waals surface area contributed by atoms with Gasteiger partial charge in [-0.3, -0.25) is 14.4 Å². The topological polar surface area (TPSA) is 63.0 Å². The van der Waals surface area contributed by atoms with Crippen molar-refractivity contribution < 1.29 is 18.8 Å². The van der Waals surface area contributed by atoms with Crippen LogP contribution in [-0.2, 0) is 14.4 Å². The molecule has 36 heavy (non-hydrogen) atoms.